The molecule has 3 aromatic rings. The summed E-state index contributed by atoms with van der Waals surface area (Å²) in [6.45, 7) is 3.86. The molecule has 8 nitrogen and oxygen atoms in total. The topological polar surface area (TPSA) is 80.6 Å². The van der Waals surface area contributed by atoms with Crippen molar-refractivity contribution in [3.8, 4) is 11.3 Å². The highest BCUT2D eigenvalue weighted by atomic mass is 16.5. The molecule has 1 spiro atoms. The first-order valence-electron chi connectivity index (χ1n) is 11.7. The Bertz CT molecular complexity index is 1190. The van der Waals surface area contributed by atoms with Crippen LogP contribution in [0.15, 0.2) is 55.0 Å². The molecule has 1 atom stereocenters. The van der Waals surface area contributed by atoms with Crippen LogP contribution < -0.4 is 4.90 Å². The zero-order valence-electron chi connectivity index (χ0n) is 19.6. The van der Waals surface area contributed by atoms with E-state index in [0.717, 1.165) is 35.3 Å². The fourth-order valence-corrected chi connectivity index (χ4v) is 4.78. The molecule has 4 heterocycles. The predicted octanol–water partition coefficient (Wildman–Crippen LogP) is 3.22. The summed E-state index contributed by atoms with van der Waals surface area (Å²) in [5, 5.41) is 4.17. The van der Waals surface area contributed by atoms with Gasteiger partial charge in [0, 0.05) is 43.8 Å². The van der Waals surface area contributed by atoms with Gasteiger partial charge in [-0.1, -0.05) is 17.7 Å². The Kier molecular flexibility index (Phi) is 5.91. The number of rotatable bonds is 3. The second-order valence-electron chi connectivity index (χ2n) is 9.27. The SMILES string of the molecule is Cc1ccc(N2CC3(CCCN(C(=O)c4ccc(-c5cnn(C)c5)nc4)CC3)OCC2=O)cc1. The van der Waals surface area contributed by atoms with Crippen LogP contribution in [0.25, 0.3) is 11.3 Å². The zero-order valence-corrected chi connectivity index (χ0v) is 19.6. The third kappa shape index (κ3) is 4.46. The maximum absolute atomic E-state index is 13.2. The van der Waals surface area contributed by atoms with Crippen molar-refractivity contribution >= 4 is 17.5 Å². The molecule has 0 N–H and O–H groups in total. The lowest BCUT2D eigenvalue weighted by Gasteiger charge is -2.42. The second kappa shape index (κ2) is 9.02. The van der Waals surface area contributed by atoms with E-state index in [2.05, 4.69) is 10.1 Å². The smallest absolute Gasteiger partial charge is 0.255 e. The van der Waals surface area contributed by atoms with Crippen molar-refractivity contribution in [1.82, 2.24) is 19.7 Å². The average molecular weight is 460 g/mol. The highest BCUT2D eigenvalue weighted by molar-refractivity contribution is 5.95. The summed E-state index contributed by atoms with van der Waals surface area (Å²) in [7, 11) is 1.86. The molecular formula is C26H29N5O3. The molecule has 1 aromatic carbocycles. The summed E-state index contributed by atoms with van der Waals surface area (Å²) in [4.78, 5) is 34.0. The minimum Gasteiger partial charge on any atom is -0.363 e. The van der Waals surface area contributed by atoms with Gasteiger partial charge < -0.3 is 14.5 Å². The summed E-state index contributed by atoms with van der Waals surface area (Å²) in [5.41, 5.74) is 3.90. The molecule has 1 unspecified atom stereocenters. The number of hydrogen-bond donors (Lipinski definition) is 0. The maximum Gasteiger partial charge on any atom is 0.255 e. The van der Waals surface area contributed by atoms with Crippen molar-refractivity contribution in [2.45, 2.75) is 31.8 Å². The molecule has 2 aliphatic heterocycles. The molecular weight excluding hydrogens is 430 g/mol. The van der Waals surface area contributed by atoms with E-state index in [4.69, 9.17) is 4.74 Å². The van der Waals surface area contributed by atoms with Crippen LogP contribution in [0.2, 0.25) is 0 Å². The van der Waals surface area contributed by atoms with E-state index in [0.29, 0.717) is 31.6 Å². The van der Waals surface area contributed by atoms with E-state index >= 15 is 0 Å². The lowest BCUT2D eigenvalue weighted by atomic mass is 9.92. The average Bonchev–Trinajstić information content (AvgIpc) is 3.18. The Balaban J connectivity index is 1.27. The van der Waals surface area contributed by atoms with Crippen molar-refractivity contribution in [3.05, 3.63) is 66.1 Å². The normalized spacial score (nSPS) is 21.1. The van der Waals surface area contributed by atoms with Gasteiger partial charge in [0.05, 0.1) is 29.6 Å². The second-order valence-corrected chi connectivity index (χ2v) is 9.27. The molecule has 2 aliphatic rings. The van der Waals surface area contributed by atoms with Crippen molar-refractivity contribution < 1.29 is 14.3 Å². The van der Waals surface area contributed by atoms with E-state index in [1.54, 1.807) is 17.1 Å². The van der Waals surface area contributed by atoms with E-state index in [-0.39, 0.29) is 18.4 Å². The van der Waals surface area contributed by atoms with Gasteiger partial charge in [0.1, 0.15) is 6.61 Å². The van der Waals surface area contributed by atoms with Crippen LogP contribution >= 0.6 is 0 Å². The largest absolute Gasteiger partial charge is 0.363 e. The number of carbonyl (C=O) groups is 2. The van der Waals surface area contributed by atoms with E-state index in [1.807, 2.05) is 66.4 Å². The fraction of sp³-hybridized carbons (Fsp3) is 0.385. The summed E-state index contributed by atoms with van der Waals surface area (Å²) >= 11 is 0. The Morgan fingerprint density at radius 1 is 1.06 bits per heavy atom. The van der Waals surface area contributed by atoms with Crippen molar-refractivity contribution in [1.29, 1.82) is 0 Å². The monoisotopic (exact) mass is 459 g/mol. The number of amides is 2. The number of hydrogen-bond acceptors (Lipinski definition) is 5. The van der Waals surface area contributed by atoms with Gasteiger partial charge in [-0.15, -0.1) is 0 Å². The Labute approximate surface area is 199 Å². The van der Waals surface area contributed by atoms with Crippen LogP contribution in [0.5, 0.6) is 0 Å². The highest BCUT2D eigenvalue weighted by Crippen LogP contribution is 2.33. The number of benzene rings is 1. The fourth-order valence-electron chi connectivity index (χ4n) is 4.78. The first kappa shape index (κ1) is 22.3. The van der Waals surface area contributed by atoms with Gasteiger partial charge in [-0.05, 0) is 50.5 Å². The van der Waals surface area contributed by atoms with E-state index in [1.165, 1.54) is 0 Å². The molecule has 0 bridgehead atoms. The van der Waals surface area contributed by atoms with Crippen LogP contribution in [-0.4, -0.2) is 63.3 Å². The number of aromatic nitrogens is 3. The number of morpholine rings is 1. The number of ether oxygens (including phenoxy) is 1. The Hall–Kier alpha value is -3.52. The minimum absolute atomic E-state index is 0.0218. The summed E-state index contributed by atoms with van der Waals surface area (Å²) in [6.07, 6.45) is 7.61. The van der Waals surface area contributed by atoms with Crippen molar-refractivity contribution in [2.75, 3.05) is 31.1 Å². The van der Waals surface area contributed by atoms with Crippen LogP contribution in [0.3, 0.4) is 0 Å². The predicted molar refractivity (Wildman–Crippen MR) is 128 cm³/mol. The molecule has 176 valence electrons. The van der Waals surface area contributed by atoms with Crippen molar-refractivity contribution in [2.24, 2.45) is 7.05 Å². The van der Waals surface area contributed by atoms with E-state index in [9.17, 15) is 9.59 Å². The first-order chi connectivity index (χ1) is 16.4. The molecule has 0 radical (unpaired) electrons. The molecule has 5 rings (SSSR count). The maximum atomic E-state index is 13.2. The summed E-state index contributed by atoms with van der Waals surface area (Å²) in [6, 6.07) is 11.7. The zero-order chi connectivity index (χ0) is 23.7. The molecule has 2 amide bonds. The molecule has 0 aliphatic carbocycles. The van der Waals surface area contributed by atoms with Crippen LogP contribution in [0, 0.1) is 6.92 Å². The van der Waals surface area contributed by atoms with Crippen LogP contribution in [0.1, 0.15) is 35.2 Å². The number of nitrogens with zero attached hydrogens (tertiary/aromatic N) is 5. The Morgan fingerprint density at radius 3 is 2.59 bits per heavy atom. The van der Waals surface area contributed by atoms with Gasteiger partial charge in [0.25, 0.3) is 11.8 Å². The molecule has 2 fully saturated rings. The molecule has 2 aromatic heterocycles. The minimum atomic E-state index is -0.434. The van der Waals surface area contributed by atoms with Gasteiger partial charge >= 0.3 is 0 Å². The molecule has 8 heteroatoms. The molecule has 2 saturated heterocycles. The first-order valence-corrected chi connectivity index (χ1v) is 11.7. The van der Waals surface area contributed by atoms with E-state index < -0.39 is 5.60 Å². The third-order valence-electron chi connectivity index (χ3n) is 6.79. The van der Waals surface area contributed by atoms with Crippen molar-refractivity contribution in [3.63, 3.8) is 0 Å². The Morgan fingerprint density at radius 2 is 1.88 bits per heavy atom. The van der Waals surface area contributed by atoms with Gasteiger partial charge in [-0.2, -0.15) is 5.10 Å². The third-order valence-corrected chi connectivity index (χ3v) is 6.79. The number of pyridine rings is 1. The van der Waals surface area contributed by atoms with Crippen LogP contribution in [-0.2, 0) is 16.6 Å². The summed E-state index contributed by atoms with van der Waals surface area (Å²) < 4.78 is 7.85. The number of likely N-dealkylation sites (tertiary alicyclic amines) is 1. The number of anilines is 1. The standard InChI is InChI=1S/C26H29N5O3/c1-19-4-7-22(8-5-19)31-18-26(34-17-24(31)32)10-3-12-30(13-11-26)25(33)20-6-9-23(27-14-20)21-15-28-29(2)16-21/h4-9,14-16H,3,10-13,17-18H2,1-2H3. The molecule has 34 heavy (non-hydrogen) atoms. The van der Waals surface area contributed by atoms with Gasteiger partial charge in [-0.3, -0.25) is 19.3 Å². The highest BCUT2D eigenvalue weighted by Gasteiger charge is 2.42. The lowest BCUT2D eigenvalue weighted by molar-refractivity contribution is -0.140. The number of carbonyl (C=O) groups excluding carboxylic acids is 2. The van der Waals surface area contributed by atoms with Gasteiger partial charge in [0.2, 0.25) is 0 Å². The quantitative estimate of drug-likeness (QED) is 0.601. The lowest BCUT2D eigenvalue weighted by Crippen LogP contribution is -2.55. The molecule has 0 saturated carbocycles. The van der Waals surface area contributed by atoms with Gasteiger partial charge in [-0.25, -0.2) is 0 Å². The van der Waals surface area contributed by atoms with Crippen LogP contribution in [0.4, 0.5) is 5.69 Å². The summed E-state index contributed by atoms with van der Waals surface area (Å²) in [5.74, 6) is -0.0454. The number of aryl methyl sites for hydroxylation is 2. The van der Waals surface area contributed by atoms with Gasteiger partial charge in [0.15, 0.2) is 0 Å².